The highest BCUT2D eigenvalue weighted by Crippen LogP contribution is 2.13. The fourth-order valence-corrected chi connectivity index (χ4v) is 1.86. The van der Waals surface area contributed by atoms with E-state index >= 15 is 0 Å². The molecule has 0 bridgehead atoms. The van der Waals surface area contributed by atoms with Crippen LogP contribution in [0.15, 0.2) is 42.6 Å². The fraction of sp³-hybridized carbons (Fsp3) is 0.133. The Balaban J connectivity index is 2.10. The Morgan fingerprint density at radius 1 is 1.30 bits per heavy atom. The molecule has 0 fully saturated rings. The van der Waals surface area contributed by atoms with Crippen molar-refractivity contribution in [2.45, 2.75) is 13.0 Å². The molecule has 5 nitrogen and oxygen atoms in total. The standard InChI is InChI=1S/C15H13N3O2/c16-9-14-8-13(5-6-17-14)18-10-12-4-2-1-3-11(12)7-15(19)20/h1-6,8H,7,10H2,(H,17,18)(H,19,20). The summed E-state index contributed by atoms with van der Waals surface area (Å²) in [6, 6.07) is 12.8. The number of nitrogens with zero attached hydrogens (tertiary/aromatic N) is 2. The number of hydrogen-bond donors (Lipinski definition) is 2. The molecule has 0 unspecified atom stereocenters. The summed E-state index contributed by atoms with van der Waals surface area (Å²) in [6.07, 6.45) is 1.56. The number of carboxylic acids is 1. The first kappa shape index (κ1) is 13.6. The Labute approximate surface area is 116 Å². The molecule has 0 amide bonds. The third-order valence-electron chi connectivity index (χ3n) is 2.82. The lowest BCUT2D eigenvalue weighted by molar-refractivity contribution is -0.136. The Morgan fingerprint density at radius 2 is 2.05 bits per heavy atom. The average molecular weight is 267 g/mol. The van der Waals surface area contributed by atoms with Crippen molar-refractivity contribution in [3.8, 4) is 6.07 Å². The highest BCUT2D eigenvalue weighted by Gasteiger charge is 2.06. The summed E-state index contributed by atoms with van der Waals surface area (Å²) in [5.41, 5.74) is 2.82. The van der Waals surface area contributed by atoms with Gasteiger partial charge in [0.1, 0.15) is 11.8 Å². The average Bonchev–Trinajstić information content (AvgIpc) is 2.46. The third kappa shape index (κ3) is 3.56. The van der Waals surface area contributed by atoms with Crippen LogP contribution in [0.4, 0.5) is 5.69 Å². The van der Waals surface area contributed by atoms with E-state index in [2.05, 4.69) is 10.3 Å². The van der Waals surface area contributed by atoms with Gasteiger partial charge in [-0.15, -0.1) is 0 Å². The van der Waals surface area contributed by atoms with E-state index in [-0.39, 0.29) is 6.42 Å². The fourth-order valence-electron chi connectivity index (χ4n) is 1.86. The Kier molecular flexibility index (Phi) is 4.30. The minimum atomic E-state index is -0.854. The van der Waals surface area contributed by atoms with Crippen LogP contribution in [0.3, 0.4) is 0 Å². The van der Waals surface area contributed by atoms with Crippen molar-refractivity contribution in [1.29, 1.82) is 5.26 Å². The maximum atomic E-state index is 10.8. The van der Waals surface area contributed by atoms with Crippen molar-refractivity contribution >= 4 is 11.7 Å². The molecule has 0 aliphatic rings. The number of aromatic nitrogens is 1. The van der Waals surface area contributed by atoms with E-state index in [4.69, 9.17) is 10.4 Å². The molecule has 1 aromatic heterocycles. The predicted octanol–water partition coefficient (Wildman–Crippen LogP) is 2.19. The number of benzene rings is 1. The van der Waals surface area contributed by atoms with E-state index in [0.29, 0.717) is 12.2 Å². The van der Waals surface area contributed by atoms with Crippen LogP contribution < -0.4 is 5.32 Å². The lowest BCUT2D eigenvalue weighted by Crippen LogP contribution is -2.07. The summed E-state index contributed by atoms with van der Waals surface area (Å²) in [5, 5.41) is 20.8. The minimum absolute atomic E-state index is 0.00234. The predicted molar refractivity (Wildman–Crippen MR) is 74.1 cm³/mol. The van der Waals surface area contributed by atoms with E-state index in [1.807, 2.05) is 24.3 Å². The normalized spacial score (nSPS) is 9.75. The zero-order valence-corrected chi connectivity index (χ0v) is 10.7. The molecule has 0 aliphatic carbocycles. The van der Waals surface area contributed by atoms with E-state index in [1.54, 1.807) is 24.4 Å². The number of hydrogen-bond acceptors (Lipinski definition) is 4. The first-order chi connectivity index (χ1) is 9.69. The molecule has 2 rings (SSSR count). The van der Waals surface area contributed by atoms with Crippen LogP contribution in [0.25, 0.3) is 0 Å². The second kappa shape index (κ2) is 6.34. The van der Waals surface area contributed by atoms with Gasteiger partial charge in [0, 0.05) is 18.4 Å². The first-order valence-corrected chi connectivity index (χ1v) is 6.07. The van der Waals surface area contributed by atoms with Gasteiger partial charge in [0.25, 0.3) is 0 Å². The molecule has 20 heavy (non-hydrogen) atoms. The number of rotatable bonds is 5. The van der Waals surface area contributed by atoms with Crippen molar-refractivity contribution < 1.29 is 9.90 Å². The van der Waals surface area contributed by atoms with Gasteiger partial charge >= 0.3 is 5.97 Å². The van der Waals surface area contributed by atoms with Gasteiger partial charge in [-0.2, -0.15) is 5.26 Å². The van der Waals surface area contributed by atoms with Gasteiger partial charge in [0.15, 0.2) is 0 Å². The summed E-state index contributed by atoms with van der Waals surface area (Å²) in [6.45, 7) is 0.498. The molecular formula is C15H13N3O2. The Hall–Kier alpha value is -2.87. The van der Waals surface area contributed by atoms with Gasteiger partial charge in [-0.3, -0.25) is 4.79 Å². The number of aliphatic carboxylic acids is 1. The van der Waals surface area contributed by atoms with Gasteiger partial charge in [-0.05, 0) is 23.3 Å². The molecule has 0 radical (unpaired) electrons. The highest BCUT2D eigenvalue weighted by atomic mass is 16.4. The molecular weight excluding hydrogens is 254 g/mol. The van der Waals surface area contributed by atoms with Crippen LogP contribution in [0.2, 0.25) is 0 Å². The number of carbonyl (C=O) groups is 1. The monoisotopic (exact) mass is 267 g/mol. The Bertz CT molecular complexity index is 662. The number of carboxylic acid groups (broad SMARTS) is 1. The Morgan fingerprint density at radius 3 is 2.75 bits per heavy atom. The molecule has 0 spiro atoms. The van der Waals surface area contributed by atoms with E-state index in [0.717, 1.165) is 16.8 Å². The summed E-state index contributed by atoms with van der Waals surface area (Å²) in [4.78, 5) is 14.7. The van der Waals surface area contributed by atoms with Crippen molar-refractivity contribution in [3.05, 3.63) is 59.4 Å². The van der Waals surface area contributed by atoms with Crippen molar-refractivity contribution in [3.63, 3.8) is 0 Å². The van der Waals surface area contributed by atoms with Crippen LogP contribution in [0, 0.1) is 11.3 Å². The summed E-state index contributed by atoms with van der Waals surface area (Å²) in [5.74, 6) is -0.854. The summed E-state index contributed by atoms with van der Waals surface area (Å²) in [7, 11) is 0. The molecule has 2 aromatic rings. The smallest absolute Gasteiger partial charge is 0.307 e. The molecule has 0 saturated carbocycles. The molecule has 0 aliphatic heterocycles. The lowest BCUT2D eigenvalue weighted by atomic mass is 10.0. The molecule has 1 aromatic carbocycles. The quantitative estimate of drug-likeness (QED) is 0.867. The molecule has 0 atom stereocenters. The van der Waals surface area contributed by atoms with Crippen LogP contribution >= 0.6 is 0 Å². The third-order valence-corrected chi connectivity index (χ3v) is 2.82. The van der Waals surface area contributed by atoms with Crippen LogP contribution in [0.1, 0.15) is 16.8 Å². The second-order valence-corrected chi connectivity index (χ2v) is 4.23. The topological polar surface area (TPSA) is 86.0 Å². The zero-order valence-electron chi connectivity index (χ0n) is 10.7. The molecule has 0 saturated heterocycles. The van der Waals surface area contributed by atoms with E-state index in [9.17, 15) is 4.79 Å². The van der Waals surface area contributed by atoms with Crippen molar-refractivity contribution in [1.82, 2.24) is 4.98 Å². The number of nitrogens with one attached hydrogen (secondary N) is 1. The van der Waals surface area contributed by atoms with Crippen molar-refractivity contribution in [2.75, 3.05) is 5.32 Å². The van der Waals surface area contributed by atoms with E-state index in [1.165, 1.54) is 0 Å². The summed E-state index contributed by atoms with van der Waals surface area (Å²) >= 11 is 0. The van der Waals surface area contributed by atoms with E-state index < -0.39 is 5.97 Å². The van der Waals surface area contributed by atoms with Crippen molar-refractivity contribution in [2.24, 2.45) is 0 Å². The highest BCUT2D eigenvalue weighted by molar-refractivity contribution is 5.70. The van der Waals surface area contributed by atoms with Gasteiger partial charge in [0.05, 0.1) is 6.42 Å². The van der Waals surface area contributed by atoms with Crippen LogP contribution in [-0.4, -0.2) is 16.1 Å². The minimum Gasteiger partial charge on any atom is -0.481 e. The molecule has 1 heterocycles. The lowest BCUT2D eigenvalue weighted by Gasteiger charge is -2.10. The van der Waals surface area contributed by atoms with Gasteiger partial charge in [-0.1, -0.05) is 24.3 Å². The van der Waals surface area contributed by atoms with Gasteiger partial charge in [-0.25, -0.2) is 4.98 Å². The van der Waals surface area contributed by atoms with Gasteiger partial charge < -0.3 is 10.4 Å². The maximum Gasteiger partial charge on any atom is 0.307 e. The SMILES string of the molecule is N#Cc1cc(NCc2ccccc2CC(=O)O)ccn1. The number of pyridine rings is 1. The molecule has 5 heteroatoms. The van der Waals surface area contributed by atoms with Crippen LogP contribution in [0.5, 0.6) is 0 Å². The molecule has 2 N–H and O–H groups in total. The largest absolute Gasteiger partial charge is 0.481 e. The summed E-state index contributed by atoms with van der Waals surface area (Å²) < 4.78 is 0. The molecule has 100 valence electrons. The zero-order chi connectivity index (χ0) is 14.4. The second-order valence-electron chi connectivity index (χ2n) is 4.23. The maximum absolute atomic E-state index is 10.8. The first-order valence-electron chi connectivity index (χ1n) is 6.07. The number of nitriles is 1. The van der Waals surface area contributed by atoms with Crippen LogP contribution in [-0.2, 0) is 17.8 Å². The van der Waals surface area contributed by atoms with Gasteiger partial charge in [0.2, 0.25) is 0 Å². The number of anilines is 1.